The minimum absolute atomic E-state index is 0.0740. The first kappa shape index (κ1) is 26.0. The number of ether oxygens (including phenoxy) is 1. The number of nitrogens with zero attached hydrogens (tertiary/aromatic N) is 1. The molecule has 0 heterocycles. The molecule has 3 aromatic carbocycles. The van der Waals surface area contributed by atoms with E-state index < -0.39 is 11.6 Å². The van der Waals surface area contributed by atoms with Gasteiger partial charge in [0.2, 0.25) is 11.8 Å². The summed E-state index contributed by atoms with van der Waals surface area (Å²) in [6.45, 7) is 7.94. The van der Waals surface area contributed by atoms with Crippen LogP contribution < -0.4 is 10.1 Å². The highest BCUT2D eigenvalue weighted by Crippen LogP contribution is 2.29. The van der Waals surface area contributed by atoms with E-state index in [0.29, 0.717) is 6.54 Å². The van der Waals surface area contributed by atoms with Gasteiger partial charge in [0.15, 0.2) is 0 Å². The minimum Gasteiger partial charge on any atom is -0.497 e. The van der Waals surface area contributed by atoms with E-state index in [4.69, 9.17) is 4.74 Å². The van der Waals surface area contributed by atoms with Gasteiger partial charge in [0.25, 0.3) is 0 Å². The van der Waals surface area contributed by atoms with Crippen LogP contribution in [0.4, 0.5) is 0 Å². The molecule has 0 saturated carbocycles. The van der Waals surface area contributed by atoms with Crippen LogP contribution >= 0.6 is 0 Å². The quantitative estimate of drug-likeness (QED) is 0.444. The average molecular weight is 473 g/mol. The van der Waals surface area contributed by atoms with Crippen LogP contribution in [0.15, 0.2) is 84.9 Å². The molecule has 35 heavy (non-hydrogen) atoms. The fraction of sp³-hybridized carbons (Fsp3) is 0.333. The lowest BCUT2D eigenvalue weighted by atomic mass is 9.88. The number of carbonyl (C=O) groups is 2. The Kier molecular flexibility index (Phi) is 8.69. The molecule has 3 aromatic rings. The summed E-state index contributed by atoms with van der Waals surface area (Å²) in [5.41, 5.74) is 2.69. The van der Waals surface area contributed by atoms with Crippen molar-refractivity contribution in [1.29, 1.82) is 0 Å². The predicted octanol–water partition coefficient (Wildman–Crippen LogP) is 5.55. The second-order valence-electron chi connectivity index (χ2n) is 9.86. The van der Waals surface area contributed by atoms with Gasteiger partial charge in [0, 0.05) is 24.4 Å². The largest absolute Gasteiger partial charge is 0.497 e. The molecular formula is C30H36N2O3. The van der Waals surface area contributed by atoms with Crippen molar-refractivity contribution >= 4 is 11.8 Å². The Labute approximate surface area is 209 Å². The summed E-state index contributed by atoms with van der Waals surface area (Å²) >= 11 is 0. The monoisotopic (exact) mass is 472 g/mol. The summed E-state index contributed by atoms with van der Waals surface area (Å²) in [6, 6.07) is 27.1. The molecule has 1 atom stereocenters. The van der Waals surface area contributed by atoms with Crippen LogP contribution in [-0.4, -0.2) is 35.4 Å². The fourth-order valence-electron chi connectivity index (χ4n) is 4.08. The second-order valence-corrected chi connectivity index (χ2v) is 9.86. The number of methoxy groups -OCH3 is 1. The Hall–Kier alpha value is -3.60. The molecule has 0 aliphatic rings. The molecular weight excluding hydrogens is 436 g/mol. The lowest BCUT2D eigenvalue weighted by Gasteiger charge is -2.32. The van der Waals surface area contributed by atoms with Crippen LogP contribution in [0.5, 0.6) is 5.75 Å². The van der Waals surface area contributed by atoms with Gasteiger partial charge in [-0.05, 0) is 56.5 Å². The van der Waals surface area contributed by atoms with Crippen molar-refractivity contribution in [2.24, 2.45) is 0 Å². The van der Waals surface area contributed by atoms with Crippen LogP contribution in [0.2, 0.25) is 0 Å². The van der Waals surface area contributed by atoms with Gasteiger partial charge in [0.05, 0.1) is 7.11 Å². The Morgan fingerprint density at radius 3 is 1.83 bits per heavy atom. The van der Waals surface area contributed by atoms with Crippen molar-refractivity contribution in [2.45, 2.75) is 58.2 Å². The maximum Gasteiger partial charge on any atom is 0.242 e. The molecule has 0 aliphatic carbocycles. The molecule has 0 fully saturated rings. The summed E-state index contributed by atoms with van der Waals surface area (Å²) in [4.78, 5) is 28.6. The summed E-state index contributed by atoms with van der Waals surface area (Å²) in [7, 11) is 1.62. The average Bonchev–Trinajstić information content (AvgIpc) is 2.85. The molecule has 5 heteroatoms. The van der Waals surface area contributed by atoms with E-state index in [1.54, 1.807) is 18.9 Å². The molecule has 0 saturated heterocycles. The zero-order valence-electron chi connectivity index (χ0n) is 21.3. The van der Waals surface area contributed by atoms with Crippen molar-refractivity contribution in [2.75, 3.05) is 7.11 Å². The first-order valence-corrected chi connectivity index (χ1v) is 12.0. The first-order chi connectivity index (χ1) is 16.7. The van der Waals surface area contributed by atoms with Gasteiger partial charge < -0.3 is 15.0 Å². The zero-order valence-corrected chi connectivity index (χ0v) is 21.3. The summed E-state index contributed by atoms with van der Waals surface area (Å²) in [5.74, 6) is 0.393. The minimum atomic E-state index is -0.629. The molecule has 0 unspecified atom stereocenters. The number of amides is 2. The van der Waals surface area contributed by atoms with E-state index in [0.717, 1.165) is 22.4 Å². The number of carbonyl (C=O) groups excluding carboxylic acids is 2. The molecule has 0 bridgehead atoms. The highest BCUT2D eigenvalue weighted by atomic mass is 16.5. The molecule has 2 amide bonds. The van der Waals surface area contributed by atoms with Crippen molar-refractivity contribution < 1.29 is 14.3 Å². The van der Waals surface area contributed by atoms with Crippen LogP contribution in [0.25, 0.3) is 0 Å². The van der Waals surface area contributed by atoms with Crippen LogP contribution in [0.3, 0.4) is 0 Å². The molecule has 184 valence electrons. The van der Waals surface area contributed by atoms with Gasteiger partial charge in [0.1, 0.15) is 11.8 Å². The van der Waals surface area contributed by atoms with Gasteiger partial charge in [-0.1, -0.05) is 72.8 Å². The Balaban J connectivity index is 1.92. The van der Waals surface area contributed by atoms with Gasteiger partial charge >= 0.3 is 0 Å². The van der Waals surface area contributed by atoms with Gasteiger partial charge in [-0.2, -0.15) is 0 Å². The van der Waals surface area contributed by atoms with Crippen LogP contribution in [0.1, 0.15) is 56.7 Å². The van der Waals surface area contributed by atoms with E-state index in [1.165, 1.54) is 0 Å². The summed E-state index contributed by atoms with van der Waals surface area (Å²) in [5, 5.41) is 3.02. The van der Waals surface area contributed by atoms with E-state index in [2.05, 4.69) is 29.6 Å². The smallest absolute Gasteiger partial charge is 0.242 e. The van der Waals surface area contributed by atoms with Crippen molar-refractivity contribution in [3.63, 3.8) is 0 Å². The molecule has 0 radical (unpaired) electrons. The van der Waals surface area contributed by atoms with E-state index in [9.17, 15) is 9.59 Å². The van der Waals surface area contributed by atoms with Crippen molar-refractivity contribution in [1.82, 2.24) is 10.2 Å². The molecule has 5 nitrogen and oxygen atoms in total. The maximum absolute atomic E-state index is 13.9. The van der Waals surface area contributed by atoms with E-state index >= 15 is 0 Å². The predicted molar refractivity (Wildman–Crippen MR) is 140 cm³/mol. The first-order valence-electron chi connectivity index (χ1n) is 12.0. The highest BCUT2D eigenvalue weighted by Gasteiger charge is 2.30. The third kappa shape index (κ3) is 7.44. The Morgan fingerprint density at radius 2 is 1.37 bits per heavy atom. The fourth-order valence-corrected chi connectivity index (χ4v) is 4.08. The summed E-state index contributed by atoms with van der Waals surface area (Å²) < 4.78 is 5.27. The van der Waals surface area contributed by atoms with Gasteiger partial charge in [-0.15, -0.1) is 0 Å². The maximum atomic E-state index is 13.9. The Bertz CT molecular complexity index is 1050. The lowest BCUT2D eigenvalue weighted by molar-refractivity contribution is -0.141. The highest BCUT2D eigenvalue weighted by molar-refractivity contribution is 5.88. The molecule has 0 aromatic heterocycles. The van der Waals surface area contributed by atoms with Crippen molar-refractivity contribution in [3.05, 3.63) is 102 Å². The Morgan fingerprint density at radius 1 is 0.857 bits per heavy atom. The second kappa shape index (κ2) is 11.7. The normalized spacial score (nSPS) is 12.2. The molecule has 0 spiro atoms. The SMILES string of the molecule is COc1ccc(CN(C(=O)CC(c2ccccc2)c2ccccc2)[C@H](C)C(=O)NC(C)(C)C)cc1. The third-order valence-corrected chi connectivity index (χ3v) is 5.96. The number of rotatable bonds is 9. The van der Waals surface area contributed by atoms with E-state index in [1.807, 2.05) is 81.4 Å². The number of nitrogens with one attached hydrogen (secondary N) is 1. The molecule has 0 aliphatic heterocycles. The van der Waals surface area contributed by atoms with Gasteiger partial charge in [-0.25, -0.2) is 0 Å². The van der Waals surface area contributed by atoms with Crippen molar-refractivity contribution in [3.8, 4) is 5.75 Å². The number of benzene rings is 3. The number of hydrogen-bond acceptors (Lipinski definition) is 3. The van der Waals surface area contributed by atoms with Crippen LogP contribution in [-0.2, 0) is 16.1 Å². The van der Waals surface area contributed by atoms with E-state index in [-0.39, 0.29) is 24.2 Å². The molecule has 3 rings (SSSR count). The van der Waals surface area contributed by atoms with Gasteiger partial charge in [-0.3, -0.25) is 9.59 Å². The topological polar surface area (TPSA) is 58.6 Å². The lowest BCUT2D eigenvalue weighted by Crippen LogP contribution is -2.52. The zero-order chi connectivity index (χ0) is 25.4. The summed E-state index contributed by atoms with van der Waals surface area (Å²) in [6.07, 6.45) is 0.261. The number of hydrogen-bond donors (Lipinski definition) is 1. The third-order valence-electron chi connectivity index (χ3n) is 5.96. The standard InChI is InChI=1S/C30H36N2O3/c1-22(29(34)31-30(2,3)4)32(21-23-16-18-26(35-5)19-17-23)28(33)20-27(24-12-8-6-9-13-24)25-14-10-7-11-15-25/h6-19,22,27H,20-21H2,1-5H3,(H,31,34)/t22-/m1/s1. The molecule has 1 N–H and O–H groups in total. The van der Waals surface area contributed by atoms with Crippen LogP contribution in [0, 0.1) is 0 Å².